The summed E-state index contributed by atoms with van der Waals surface area (Å²) in [6.07, 6.45) is 1.73. The van der Waals surface area contributed by atoms with Crippen LogP contribution in [-0.2, 0) is 4.79 Å². The Morgan fingerprint density at radius 2 is 2.09 bits per heavy atom. The van der Waals surface area contributed by atoms with Gasteiger partial charge in [-0.05, 0) is 32.4 Å². The highest BCUT2D eigenvalue weighted by atomic mass is 35.5. The van der Waals surface area contributed by atoms with Crippen LogP contribution < -0.4 is 5.32 Å². The zero-order chi connectivity index (χ0) is 14.8. The van der Waals surface area contributed by atoms with E-state index in [2.05, 4.69) is 24.2 Å². The lowest BCUT2D eigenvalue weighted by Crippen LogP contribution is -2.42. The Labute approximate surface area is 143 Å². The third-order valence-electron chi connectivity index (χ3n) is 4.18. The Balaban J connectivity index is 0.00000220. The molecule has 2 aliphatic rings. The molecular weight excluding hydrogens is 335 g/mol. The fourth-order valence-electron chi connectivity index (χ4n) is 3.21. The second-order valence-corrected chi connectivity index (χ2v) is 6.19. The Hall–Kier alpha value is -0.170. The Morgan fingerprint density at radius 1 is 1.41 bits per heavy atom. The van der Waals surface area contributed by atoms with Crippen LogP contribution in [0.15, 0.2) is 0 Å². The third-order valence-corrected chi connectivity index (χ3v) is 4.18. The van der Waals surface area contributed by atoms with Crippen molar-refractivity contribution in [2.45, 2.75) is 38.2 Å². The molecule has 0 aromatic heterocycles. The molecular formula is C14H27Cl2F2N3O. The first-order valence-corrected chi connectivity index (χ1v) is 7.50. The number of amides is 1. The van der Waals surface area contributed by atoms with Gasteiger partial charge in [-0.1, -0.05) is 6.92 Å². The molecule has 0 radical (unpaired) electrons. The molecule has 2 atom stereocenters. The molecule has 0 aromatic carbocycles. The van der Waals surface area contributed by atoms with Crippen LogP contribution in [0.1, 0.15) is 26.2 Å². The van der Waals surface area contributed by atoms with Gasteiger partial charge in [-0.3, -0.25) is 10.1 Å². The lowest BCUT2D eigenvalue weighted by atomic mass is 10.1. The van der Waals surface area contributed by atoms with Crippen LogP contribution in [0.2, 0.25) is 0 Å². The molecule has 2 fully saturated rings. The minimum Gasteiger partial charge on any atom is -0.341 e. The van der Waals surface area contributed by atoms with Crippen molar-refractivity contribution in [3.63, 3.8) is 0 Å². The summed E-state index contributed by atoms with van der Waals surface area (Å²) in [4.78, 5) is 16.2. The van der Waals surface area contributed by atoms with Crippen molar-refractivity contribution >= 4 is 30.7 Å². The maximum Gasteiger partial charge on any atom is 0.262 e. The lowest BCUT2D eigenvalue weighted by Gasteiger charge is -2.22. The van der Waals surface area contributed by atoms with Gasteiger partial charge in [0.1, 0.15) is 0 Å². The number of alkyl halides is 2. The van der Waals surface area contributed by atoms with Crippen molar-refractivity contribution in [3.8, 4) is 0 Å². The first kappa shape index (κ1) is 21.8. The number of halogens is 4. The number of rotatable bonds is 5. The lowest BCUT2D eigenvalue weighted by molar-refractivity contribution is -0.132. The van der Waals surface area contributed by atoms with Gasteiger partial charge in [-0.25, -0.2) is 8.78 Å². The molecule has 0 bridgehead atoms. The summed E-state index contributed by atoms with van der Waals surface area (Å²) in [5.74, 6) is -2.42. The monoisotopic (exact) mass is 361 g/mol. The molecule has 8 heteroatoms. The average molecular weight is 362 g/mol. The third kappa shape index (κ3) is 5.80. The van der Waals surface area contributed by atoms with Crippen molar-refractivity contribution in [2.75, 3.05) is 39.8 Å². The van der Waals surface area contributed by atoms with Gasteiger partial charge in [0.2, 0.25) is 5.91 Å². The second-order valence-electron chi connectivity index (χ2n) is 6.19. The van der Waals surface area contributed by atoms with Gasteiger partial charge >= 0.3 is 0 Å². The van der Waals surface area contributed by atoms with E-state index in [1.54, 1.807) is 4.90 Å². The van der Waals surface area contributed by atoms with Gasteiger partial charge in [0.05, 0.1) is 12.6 Å². The van der Waals surface area contributed by atoms with E-state index in [9.17, 15) is 13.6 Å². The summed E-state index contributed by atoms with van der Waals surface area (Å²) in [5, 5.41) is 2.65. The van der Waals surface area contributed by atoms with E-state index in [1.165, 1.54) is 0 Å². The van der Waals surface area contributed by atoms with E-state index in [0.717, 1.165) is 25.9 Å². The molecule has 0 aromatic rings. The summed E-state index contributed by atoms with van der Waals surface area (Å²) >= 11 is 0. The molecule has 22 heavy (non-hydrogen) atoms. The van der Waals surface area contributed by atoms with Crippen molar-refractivity contribution in [1.82, 2.24) is 15.1 Å². The zero-order valence-electron chi connectivity index (χ0n) is 13.2. The SMILES string of the molecule is CCCN(C)CC1CCN(C(=O)C2CC(F)(F)CN2)C1.Cl.Cl. The van der Waals surface area contributed by atoms with Crippen LogP contribution in [0.25, 0.3) is 0 Å². The smallest absolute Gasteiger partial charge is 0.262 e. The summed E-state index contributed by atoms with van der Waals surface area (Å²) in [6, 6.07) is -0.697. The highest BCUT2D eigenvalue weighted by Crippen LogP contribution is 2.27. The molecule has 2 saturated heterocycles. The van der Waals surface area contributed by atoms with Gasteiger partial charge in [0, 0.05) is 26.1 Å². The van der Waals surface area contributed by atoms with Crippen molar-refractivity contribution in [2.24, 2.45) is 5.92 Å². The largest absolute Gasteiger partial charge is 0.341 e. The second kappa shape index (κ2) is 9.21. The molecule has 4 nitrogen and oxygen atoms in total. The average Bonchev–Trinajstić information content (AvgIpc) is 2.95. The first-order valence-electron chi connectivity index (χ1n) is 7.50. The van der Waals surface area contributed by atoms with Crippen LogP contribution >= 0.6 is 24.8 Å². The van der Waals surface area contributed by atoms with Gasteiger partial charge < -0.3 is 9.80 Å². The number of nitrogens with zero attached hydrogens (tertiary/aromatic N) is 2. The quantitative estimate of drug-likeness (QED) is 0.813. The number of carbonyl (C=O) groups is 1. The van der Waals surface area contributed by atoms with Crippen molar-refractivity contribution < 1.29 is 13.6 Å². The Morgan fingerprint density at radius 3 is 2.64 bits per heavy atom. The number of carbonyl (C=O) groups excluding carboxylic acids is 1. The molecule has 2 heterocycles. The zero-order valence-corrected chi connectivity index (χ0v) is 14.8. The number of nitrogens with one attached hydrogen (secondary N) is 1. The highest BCUT2D eigenvalue weighted by Gasteiger charge is 2.44. The molecule has 2 rings (SSSR count). The van der Waals surface area contributed by atoms with Gasteiger partial charge in [-0.2, -0.15) is 0 Å². The highest BCUT2D eigenvalue weighted by molar-refractivity contribution is 5.85. The number of hydrogen-bond acceptors (Lipinski definition) is 3. The molecule has 0 saturated carbocycles. The first-order chi connectivity index (χ1) is 9.41. The molecule has 1 N–H and O–H groups in total. The van der Waals surface area contributed by atoms with E-state index in [1.807, 2.05) is 0 Å². The topological polar surface area (TPSA) is 35.6 Å². The number of likely N-dealkylation sites (tertiary alicyclic amines) is 1. The van der Waals surface area contributed by atoms with Crippen LogP contribution in [0.5, 0.6) is 0 Å². The molecule has 1 amide bonds. The van der Waals surface area contributed by atoms with Crippen molar-refractivity contribution in [3.05, 3.63) is 0 Å². The predicted molar refractivity (Wildman–Crippen MR) is 88.3 cm³/mol. The van der Waals surface area contributed by atoms with Crippen LogP contribution in [-0.4, -0.2) is 67.4 Å². The molecule has 2 unspecified atom stereocenters. The normalized spacial score (nSPS) is 26.7. The maximum atomic E-state index is 13.1. The van der Waals surface area contributed by atoms with Crippen LogP contribution in [0, 0.1) is 5.92 Å². The van der Waals surface area contributed by atoms with Crippen LogP contribution in [0.3, 0.4) is 0 Å². The van der Waals surface area contributed by atoms with Crippen molar-refractivity contribution in [1.29, 1.82) is 0 Å². The number of hydrogen-bond donors (Lipinski definition) is 1. The molecule has 2 aliphatic heterocycles. The minimum absolute atomic E-state index is 0. The summed E-state index contributed by atoms with van der Waals surface area (Å²) in [6.45, 7) is 5.21. The van der Waals surface area contributed by atoms with E-state index < -0.39 is 12.0 Å². The summed E-state index contributed by atoms with van der Waals surface area (Å²) < 4.78 is 26.3. The van der Waals surface area contributed by atoms with E-state index in [-0.39, 0.29) is 43.7 Å². The van der Waals surface area contributed by atoms with Gasteiger partial charge in [0.25, 0.3) is 5.92 Å². The Kier molecular flexibility index (Phi) is 9.13. The Bertz CT molecular complexity index is 361. The fraction of sp³-hybridized carbons (Fsp3) is 0.929. The predicted octanol–water partition coefficient (Wildman–Crippen LogP) is 2.02. The summed E-state index contributed by atoms with van der Waals surface area (Å²) in [5.41, 5.74) is 0. The molecule has 132 valence electrons. The van der Waals surface area contributed by atoms with Gasteiger partial charge in [-0.15, -0.1) is 24.8 Å². The summed E-state index contributed by atoms with van der Waals surface area (Å²) in [7, 11) is 2.09. The van der Waals surface area contributed by atoms with E-state index >= 15 is 0 Å². The molecule has 0 spiro atoms. The van der Waals surface area contributed by atoms with E-state index in [4.69, 9.17) is 0 Å². The minimum atomic E-state index is -2.74. The van der Waals surface area contributed by atoms with E-state index in [0.29, 0.717) is 19.0 Å². The maximum absolute atomic E-state index is 13.1. The standard InChI is InChI=1S/C14H25F2N3O.2ClH/c1-3-5-18(2)8-11-4-6-19(9-11)13(20)12-7-14(15,16)10-17-12;;/h11-12,17H,3-10H2,1-2H3;2*1H. The fourth-order valence-corrected chi connectivity index (χ4v) is 3.21. The van der Waals surface area contributed by atoms with Crippen LogP contribution in [0.4, 0.5) is 8.78 Å². The van der Waals surface area contributed by atoms with Gasteiger partial charge in [0.15, 0.2) is 0 Å². The molecule has 0 aliphatic carbocycles.